The van der Waals surface area contributed by atoms with Gasteiger partial charge in [-0.15, -0.1) is 0 Å². The van der Waals surface area contributed by atoms with Gasteiger partial charge in [0, 0.05) is 0 Å². The molecule has 35 heavy (non-hydrogen) atoms. The summed E-state index contributed by atoms with van der Waals surface area (Å²) in [5, 5.41) is 0. The molecule has 1 atom stereocenters. The highest BCUT2D eigenvalue weighted by molar-refractivity contribution is 7.90. The number of amides is 2. The summed E-state index contributed by atoms with van der Waals surface area (Å²) >= 11 is 0. The molecule has 0 heterocycles. The number of nitrogens with one attached hydrogen (secondary N) is 2. The standard InChI is InChI=1S/C23H28N2O8S2/c1-16(2)21(33-23(27)25-35(30,31)20-13-9-18(4)10-14-20)6-5-15-32-22(26)24-34(28,29)19-11-7-17(3)8-12-19/h5-14,16,21H,15H2,1-4H3,(H,24,26)(H,25,27)/b6-5-. The zero-order chi connectivity index (χ0) is 26.2. The quantitative estimate of drug-likeness (QED) is 0.475. The Hall–Kier alpha value is -3.38. The van der Waals surface area contributed by atoms with Crippen molar-refractivity contribution in [1.29, 1.82) is 0 Å². The van der Waals surface area contributed by atoms with E-state index in [4.69, 9.17) is 9.47 Å². The van der Waals surface area contributed by atoms with Crippen molar-refractivity contribution in [3.8, 4) is 0 Å². The van der Waals surface area contributed by atoms with Crippen molar-refractivity contribution in [3.05, 3.63) is 71.8 Å². The summed E-state index contributed by atoms with van der Waals surface area (Å²) in [6, 6.07) is 11.8. The van der Waals surface area contributed by atoms with E-state index in [2.05, 4.69) is 0 Å². The Morgan fingerprint density at radius 2 is 1.23 bits per heavy atom. The fraction of sp³-hybridized carbons (Fsp3) is 0.304. The van der Waals surface area contributed by atoms with Crippen LogP contribution in [0, 0.1) is 19.8 Å². The van der Waals surface area contributed by atoms with Gasteiger partial charge in [-0.2, -0.15) is 0 Å². The Labute approximate surface area is 205 Å². The molecule has 2 rings (SSSR count). The summed E-state index contributed by atoms with van der Waals surface area (Å²) in [5.41, 5.74) is 1.72. The maximum Gasteiger partial charge on any atom is 0.421 e. The van der Waals surface area contributed by atoms with E-state index in [1.54, 1.807) is 56.7 Å². The number of benzene rings is 2. The van der Waals surface area contributed by atoms with Crippen LogP contribution in [0.25, 0.3) is 0 Å². The van der Waals surface area contributed by atoms with Crippen LogP contribution in [0.3, 0.4) is 0 Å². The lowest BCUT2D eigenvalue weighted by Gasteiger charge is -2.18. The third-order valence-electron chi connectivity index (χ3n) is 4.63. The van der Waals surface area contributed by atoms with Gasteiger partial charge in [0.05, 0.1) is 9.79 Å². The summed E-state index contributed by atoms with van der Waals surface area (Å²) < 4.78 is 62.7. The molecule has 1 unspecified atom stereocenters. The lowest BCUT2D eigenvalue weighted by Crippen LogP contribution is -2.35. The van der Waals surface area contributed by atoms with Crippen LogP contribution >= 0.6 is 0 Å². The molecule has 2 N–H and O–H groups in total. The molecule has 0 aliphatic carbocycles. The molecular formula is C23H28N2O8S2. The third kappa shape index (κ3) is 8.72. The van der Waals surface area contributed by atoms with Crippen molar-refractivity contribution in [1.82, 2.24) is 9.44 Å². The first-order chi connectivity index (χ1) is 16.3. The summed E-state index contributed by atoms with van der Waals surface area (Å²) in [6.45, 7) is 6.75. The Balaban J connectivity index is 1.90. The molecule has 0 aliphatic rings. The van der Waals surface area contributed by atoms with Crippen molar-refractivity contribution >= 4 is 32.2 Å². The van der Waals surface area contributed by atoms with Gasteiger partial charge in [-0.05, 0) is 56.2 Å². The molecule has 2 aromatic carbocycles. The van der Waals surface area contributed by atoms with Gasteiger partial charge in [-0.1, -0.05) is 49.2 Å². The Morgan fingerprint density at radius 3 is 1.66 bits per heavy atom. The molecule has 0 saturated heterocycles. The zero-order valence-corrected chi connectivity index (χ0v) is 21.4. The summed E-state index contributed by atoms with van der Waals surface area (Å²) in [7, 11) is -8.19. The normalized spacial score (nSPS) is 12.8. The van der Waals surface area contributed by atoms with Crippen molar-refractivity contribution < 1.29 is 35.9 Å². The number of carbonyl (C=O) groups excluding carboxylic acids is 2. The van der Waals surface area contributed by atoms with E-state index in [-0.39, 0.29) is 22.3 Å². The van der Waals surface area contributed by atoms with Gasteiger partial charge in [0.1, 0.15) is 12.7 Å². The largest absolute Gasteiger partial charge is 0.445 e. The molecule has 0 spiro atoms. The maximum atomic E-state index is 12.3. The summed E-state index contributed by atoms with van der Waals surface area (Å²) in [5.74, 6) is -0.241. The van der Waals surface area contributed by atoms with Gasteiger partial charge in [0.25, 0.3) is 20.0 Å². The highest BCUT2D eigenvalue weighted by atomic mass is 32.2. The van der Waals surface area contributed by atoms with Crippen LogP contribution in [0.2, 0.25) is 0 Å². The average Bonchev–Trinajstić information content (AvgIpc) is 2.75. The number of rotatable bonds is 9. The third-order valence-corrected chi connectivity index (χ3v) is 7.29. The minimum absolute atomic E-state index is 0.0864. The smallest absolute Gasteiger partial charge is 0.421 e. The SMILES string of the molecule is Cc1ccc(S(=O)(=O)NC(=O)OC/C=C\C(OC(=O)NS(=O)(=O)c2ccc(C)cc2)C(C)C)cc1. The first-order valence-corrected chi connectivity index (χ1v) is 13.5. The van der Waals surface area contributed by atoms with Crippen molar-refractivity contribution in [3.63, 3.8) is 0 Å². The van der Waals surface area contributed by atoms with E-state index in [1.807, 2.05) is 4.72 Å². The number of carbonyl (C=O) groups is 2. The predicted octanol–water partition coefficient (Wildman–Crippen LogP) is 3.41. The zero-order valence-electron chi connectivity index (χ0n) is 19.7. The van der Waals surface area contributed by atoms with Crippen LogP contribution in [0.15, 0.2) is 70.5 Å². The van der Waals surface area contributed by atoms with Crippen LogP contribution in [-0.2, 0) is 29.5 Å². The predicted molar refractivity (Wildman–Crippen MR) is 129 cm³/mol. The number of hydrogen-bond acceptors (Lipinski definition) is 8. The summed E-state index contributed by atoms with van der Waals surface area (Å²) in [6.07, 6.45) is -0.434. The van der Waals surface area contributed by atoms with Gasteiger partial charge in [-0.25, -0.2) is 35.9 Å². The van der Waals surface area contributed by atoms with Gasteiger partial charge >= 0.3 is 12.2 Å². The molecule has 2 aromatic rings. The lowest BCUT2D eigenvalue weighted by atomic mass is 10.1. The first-order valence-electron chi connectivity index (χ1n) is 10.5. The topological polar surface area (TPSA) is 145 Å². The molecule has 10 nitrogen and oxygen atoms in total. The number of sulfonamides is 2. The van der Waals surface area contributed by atoms with Crippen LogP contribution in [0.5, 0.6) is 0 Å². The average molecular weight is 525 g/mol. The van der Waals surface area contributed by atoms with E-state index >= 15 is 0 Å². The van der Waals surface area contributed by atoms with E-state index in [0.717, 1.165) is 11.1 Å². The van der Waals surface area contributed by atoms with Crippen LogP contribution < -0.4 is 9.44 Å². The molecule has 0 fully saturated rings. The second kappa shape index (κ2) is 11.8. The fourth-order valence-corrected chi connectivity index (χ4v) is 4.43. The van der Waals surface area contributed by atoms with E-state index in [1.165, 1.54) is 36.4 Å². The molecular weight excluding hydrogens is 496 g/mol. The molecule has 0 aliphatic heterocycles. The second-order valence-corrected chi connectivity index (χ2v) is 11.3. The second-order valence-electron chi connectivity index (χ2n) is 7.98. The Bertz CT molecular complexity index is 1270. The molecule has 190 valence electrons. The minimum atomic E-state index is -4.11. The molecule has 0 radical (unpaired) electrons. The Morgan fingerprint density at radius 1 is 0.800 bits per heavy atom. The maximum absolute atomic E-state index is 12.3. The molecule has 2 amide bonds. The molecule has 0 aromatic heterocycles. The molecule has 12 heteroatoms. The number of ether oxygens (including phenoxy) is 2. The van der Waals surface area contributed by atoms with Crippen LogP contribution in [0.4, 0.5) is 9.59 Å². The first kappa shape index (κ1) is 27.9. The van der Waals surface area contributed by atoms with Gasteiger partial charge in [0.15, 0.2) is 0 Å². The fourth-order valence-electron chi connectivity index (χ4n) is 2.66. The van der Waals surface area contributed by atoms with E-state index < -0.39 is 38.3 Å². The van der Waals surface area contributed by atoms with Crippen molar-refractivity contribution in [2.45, 2.75) is 43.6 Å². The number of aryl methyl sites for hydroxylation is 2. The minimum Gasteiger partial charge on any atom is -0.445 e. The molecule has 0 saturated carbocycles. The lowest BCUT2D eigenvalue weighted by molar-refractivity contribution is 0.102. The van der Waals surface area contributed by atoms with Gasteiger partial charge < -0.3 is 9.47 Å². The highest BCUT2D eigenvalue weighted by Crippen LogP contribution is 2.13. The van der Waals surface area contributed by atoms with Crippen molar-refractivity contribution in [2.24, 2.45) is 5.92 Å². The van der Waals surface area contributed by atoms with Gasteiger partial charge in [-0.3, -0.25) is 0 Å². The highest BCUT2D eigenvalue weighted by Gasteiger charge is 2.22. The van der Waals surface area contributed by atoms with Gasteiger partial charge in [0.2, 0.25) is 0 Å². The van der Waals surface area contributed by atoms with Crippen LogP contribution in [0.1, 0.15) is 25.0 Å². The van der Waals surface area contributed by atoms with E-state index in [0.29, 0.717) is 0 Å². The van der Waals surface area contributed by atoms with Crippen molar-refractivity contribution in [2.75, 3.05) is 6.61 Å². The van der Waals surface area contributed by atoms with E-state index in [9.17, 15) is 26.4 Å². The monoisotopic (exact) mass is 524 g/mol. The Kier molecular flexibility index (Phi) is 9.43. The number of hydrogen-bond donors (Lipinski definition) is 2. The van der Waals surface area contributed by atoms with Crippen LogP contribution in [-0.4, -0.2) is 41.7 Å². The summed E-state index contributed by atoms with van der Waals surface area (Å²) in [4.78, 5) is 23.8. The molecule has 0 bridgehead atoms.